The van der Waals surface area contributed by atoms with Crippen LogP contribution in [-0.2, 0) is 18.2 Å². The van der Waals surface area contributed by atoms with Gasteiger partial charge in [0, 0.05) is 18.6 Å². The van der Waals surface area contributed by atoms with E-state index >= 15 is 0 Å². The Morgan fingerprint density at radius 1 is 1.09 bits per heavy atom. The number of hydrogen-bond donors (Lipinski definition) is 5. The molecule has 2 heterocycles. The van der Waals surface area contributed by atoms with Gasteiger partial charge in [-0.3, -0.25) is 0 Å². The van der Waals surface area contributed by atoms with Crippen LogP contribution in [0.5, 0.6) is 11.5 Å². The highest BCUT2D eigenvalue weighted by Gasteiger charge is 2.57. The molecule has 9 nitrogen and oxygen atoms in total. The SMILES string of the molecule is COc1ccc(Cc2cn(C)c3cccc(O[C@]4(O)C(O)O[C@H](CO)[C@@H](O)[C@@H]4O)c23)cc1. The van der Waals surface area contributed by atoms with Crippen molar-refractivity contribution in [2.75, 3.05) is 13.7 Å². The van der Waals surface area contributed by atoms with Crippen LogP contribution in [0.2, 0.25) is 0 Å². The van der Waals surface area contributed by atoms with Crippen molar-refractivity contribution in [3.8, 4) is 11.5 Å². The smallest absolute Gasteiger partial charge is 0.288 e. The largest absolute Gasteiger partial charge is 0.497 e. The summed E-state index contributed by atoms with van der Waals surface area (Å²) in [6, 6.07) is 12.8. The second-order valence-electron chi connectivity index (χ2n) is 7.94. The Morgan fingerprint density at radius 2 is 1.81 bits per heavy atom. The van der Waals surface area contributed by atoms with E-state index in [1.807, 2.05) is 48.1 Å². The Labute approximate surface area is 184 Å². The zero-order valence-electron chi connectivity index (χ0n) is 17.8. The molecule has 1 fully saturated rings. The number of aromatic nitrogens is 1. The standard InChI is InChI=1S/C23H27NO8/c1-24-11-14(10-13-6-8-15(30-2)9-7-13)19-16(24)4-3-5-17(19)32-23(29)21(27)20(26)18(12-25)31-22(23)28/h3-9,11,18,20-22,25-29H,10,12H2,1-2H3/t18-,20-,21+,22?,23+/m1/s1. The predicted octanol–water partition coefficient (Wildman–Crippen LogP) is 0.276. The molecule has 2 aromatic carbocycles. The van der Waals surface area contributed by atoms with Crippen LogP contribution >= 0.6 is 0 Å². The van der Waals surface area contributed by atoms with Crippen LogP contribution in [0.25, 0.3) is 10.9 Å². The summed E-state index contributed by atoms with van der Waals surface area (Å²) in [4.78, 5) is 0. The number of hydrogen-bond acceptors (Lipinski definition) is 8. The number of methoxy groups -OCH3 is 1. The third-order valence-corrected chi connectivity index (χ3v) is 5.85. The molecule has 0 radical (unpaired) electrons. The van der Waals surface area contributed by atoms with Gasteiger partial charge in [0.1, 0.15) is 23.7 Å². The van der Waals surface area contributed by atoms with E-state index in [0.29, 0.717) is 11.8 Å². The highest BCUT2D eigenvalue weighted by Crippen LogP contribution is 2.37. The molecule has 1 aliphatic rings. The third kappa shape index (κ3) is 3.83. The fraction of sp³-hybridized carbons (Fsp3) is 0.391. The first-order chi connectivity index (χ1) is 15.3. The van der Waals surface area contributed by atoms with Gasteiger partial charge in [-0.1, -0.05) is 18.2 Å². The van der Waals surface area contributed by atoms with Gasteiger partial charge in [-0.2, -0.15) is 0 Å². The Hall–Kier alpha value is -2.66. The molecule has 4 rings (SSSR count). The summed E-state index contributed by atoms with van der Waals surface area (Å²) in [7, 11) is 3.48. The number of ether oxygens (including phenoxy) is 3. The summed E-state index contributed by atoms with van der Waals surface area (Å²) < 4.78 is 17.9. The predicted molar refractivity (Wildman–Crippen MR) is 114 cm³/mol. The molecule has 0 aliphatic carbocycles. The first-order valence-corrected chi connectivity index (χ1v) is 10.2. The first-order valence-electron chi connectivity index (χ1n) is 10.2. The van der Waals surface area contributed by atoms with Gasteiger partial charge in [-0.05, 0) is 41.8 Å². The van der Waals surface area contributed by atoms with Crippen molar-refractivity contribution in [3.05, 3.63) is 59.8 Å². The first kappa shape index (κ1) is 22.5. The summed E-state index contributed by atoms with van der Waals surface area (Å²) in [6.07, 6.45) is -4.36. The number of aryl methyl sites for hydroxylation is 1. The van der Waals surface area contributed by atoms with Gasteiger partial charge < -0.3 is 44.3 Å². The maximum Gasteiger partial charge on any atom is 0.288 e. The molecule has 32 heavy (non-hydrogen) atoms. The molecule has 5 atom stereocenters. The molecule has 1 saturated heterocycles. The van der Waals surface area contributed by atoms with E-state index < -0.39 is 37.0 Å². The van der Waals surface area contributed by atoms with Crippen LogP contribution in [0, 0.1) is 0 Å². The average Bonchev–Trinajstić information content (AvgIpc) is 3.11. The van der Waals surface area contributed by atoms with Crippen molar-refractivity contribution in [3.63, 3.8) is 0 Å². The highest BCUT2D eigenvalue weighted by molar-refractivity contribution is 5.90. The molecule has 1 aromatic heterocycles. The van der Waals surface area contributed by atoms with Gasteiger partial charge in [0.25, 0.3) is 5.79 Å². The summed E-state index contributed by atoms with van der Waals surface area (Å²) in [5.41, 5.74) is 2.72. The minimum Gasteiger partial charge on any atom is -0.497 e. The van der Waals surface area contributed by atoms with E-state index in [1.54, 1.807) is 19.2 Å². The summed E-state index contributed by atoms with van der Waals surface area (Å²) in [5, 5.41) is 51.8. The number of aliphatic hydroxyl groups excluding tert-OH is 4. The van der Waals surface area contributed by atoms with Crippen LogP contribution in [-0.4, -0.2) is 74.2 Å². The quantitative estimate of drug-likeness (QED) is 0.342. The van der Waals surface area contributed by atoms with Gasteiger partial charge in [0.15, 0.2) is 6.10 Å². The number of aliphatic hydroxyl groups is 5. The Kier molecular flexibility index (Phi) is 6.13. The van der Waals surface area contributed by atoms with Crippen molar-refractivity contribution >= 4 is 10.9 Å². The zero-order valence-corrected chi connectivity index (χ0v) is 17.8. The molecule has 172 valence electrons. The van der Waals surface area contributed by atoms with Crippen molar-refractivity contribution in [2.45, 2.75) is 36.8 Å². The van der Waals surface area contributed by atoms with Crippen molar-refractivity contribution in [2.24, 2.45) is 7.05 Å². The fourth-order valence-corrected chi connectivity index (χ4v) is 4.06. The van der Waals surface area contributed by atoms with E-state index in [-0.39, 0.29) is 5.75 Å². The summed E-state index contributed by atoms with van der Waals surface area (Å²) in [6.45, 7) is -0.647. The molecule has 1 aliphatic heterocycles. The number of benzene rings is 2. The van der Waals surface area contributed by atoms with Crippen LogP contribution in [0.15, 0.2) is 48.7 Å². The van der Waals surface area contributed by atoms with E-state index in [1.165, 1.54) is 0 Å². The Bertz CT molecular complexity index is 1080. The average molecular weight is 445 g/mol. The highest BCUT2D eigenvalue weighted by atomic mass is 16.7. The van der Waals surface area contributed by atoms with Gasteiger partial charge in [0.2, 0.25) is 6.29 Å². The zero-order chi connectivity index (χ0) is 23.0. The second kappa shape index (κ2) is 8.70. The maximum atomic E-state index is 10.9. The minimum absolute atomic E-state index is 0.200. The van der Waals surface area contributed by atoms with E-state index in [4.69, 9.17) is 14.2 Å². The molecule has 0 spiro atoms. The molecule has 5 N–H and O–H groups in total. The van der Waals surface area contributed by atoms with Crippen LogP contribution in [0.4, 0.5) is 0 Å². The molecule has 3 aromatic rings. The lowest BCUT2D eigenvalue weighted by atomic mass is 9.95. The number of nitrogens with zero attached hydrogens (tertiary/aromatic N) is 1. The summed E-state index contributed by atoms with van der Waals surface area (Å²) >= 11 is 0. The van der Waals surface area contributed by atoms with Crippen LogP contribution in [0.3, 0.4) is 0 Å². The van der Waals surface area contributed by atoms with E-state index in [0.717, 1.165) is 22.4 Å². The Morgan fingerprint density at radius 3 is 2.47 bits per heavy atom. The molecule has 0 amide bonds. The fourth-order valence-electron chi connectivity index (χ4n) is 4.06. The van der Waals surface area contributed by atoms with Gasteiger partial charge >= 0.3 is 0 Å². The number of rotatable bonds is 6. The van der Waals surface area contributed by atoms with E-state index in [9.17, 15) is 25.5 Å². The second-order valence-corrected chi connectivity index (χ2v) is 7.94. The lowest BCUT2D eigenvalue weighted by Crippen LogP contribution is -2.69. The molecule has 9 heteroatoms. The van der Waals surface area contributed by atoms with Crippen LogP contribution in [0.1, 0.15) is 11.1 Å². The van der Waals surface area contributed by atoms with Crippen LogP contribution < -0.4 is 9.47 Å². The molecule has 0 bridgehead atoms. The minimum atomic E-state index is -2.65. The lowest BCUT2D eigenvalue weighted by Gasteiger charge is -2.45. The van der Waals surface area contributed by atoms with Gasteiger partial charge in [-0.25, -0.2) is 0 Å². The number of fused-ring (bicyclic) bond motifs is 1. The topological polar surface area (TPSA) is 134 Å². The van der Waals surface area contributed by atoms with E-state index in [2.05, 4.69) is 0 Å². The molecular formula is C23H27NO8. The molecule has 0 saturated carbocycles. The third-order valence-electron chi connectivity index (χ3n) is 5.85. The normalized spacial score (nSPS) is 28.1. The molecular weight excluding hydrogens is 418 g/mol. The van der Waals surface area contributed by atoms with Crippen molar-refractivity contribution < 1.29 is 39.7 Å². The van der Waals surface area contributed by atoms with Gasteiger partial charge in [0.05, 0.1) is 19.2 Å². The lowest BCUT2D eigenvalue weighted by molar-refractivity contribution is -0.385. The maximum absolute atomic E-state index is 10.9. The summed E-state index contributed by atoms with van der Waals surface area (Å²) in [5.74, 6) is -1.70. The molecule has 1 unspecified atom stereocenters. The van der Waals surface area contributed by atoms with Crippen molar-refractivity contribution in [1.82, 2.24) is 4.57 Å². The Balaban J connectivity index is 1.71. The monoisotopic (exact) mass is 445 g/mol. The van der Waals surface area contributed by atoms with Gasteiger partial charge in [-0.15, -0.1) is 0 Å². The van der Waals surface area contributed by atoms with Crippen molar-refractivity contribution in [1.29, 1.82) is 0 Å².